The Kier molecular flexibility index (Phi) is 4.90. The fraction of sp³-hybridized carbons (Fsp3) is 0.0816. The van der Waals surface area contributed by atoms with Gasteiger partial charge in [-0.25, -0.2) is 4.98 Å². The summed E-state index contributed by atoms with van der Waals surface area (Å²) >= 11 is 0.956. The molecule has 11 rings (SSSR count). The fourth-order valence-electron chi connectivity index (χ4n) is 8.09. The summed E-state index contributed by atoms with van der Waals surface area (Å²) in [6.07, 6.45) is 0. The third kappa shape index (κ3) is 4.81. The minimum Gasteiger partial charge on any atom is -0.456 e. The molecule has 3 aromatic heterocycles. The van der Waals surface area contributed by atoms with Gasteiger partial charge in [-0.15, -0.1) is 11.3 Å². The molecular formula is C49H34N4OS. The summed E-state index contributed by atoms with van der Waals surface area (Å²) in [5, 5.41) is 1.99. The van der Waals surface area contributed by atoms with Gasteiger partial charge in [0.05, 0.1) is 20.8 Å². The number of aromatic nitrogens is 3. The Morgan fingerprint density at radius 2 is 1.36 bits per heavy atom. The van der Waals surface area contributed by atoms with E-state index in [9.17, 15) is 5.48 Å². The number of anilines is 3. The highest BCUT2D eigenvalue weighted by Gasteiger charge is 2.38. The lowest BCUT2D eigenvalue weighted by Crippen LogP contribution is -2.18. The van der Waals surface area contributed by atoms with Crippen LogP contribution in [0.1, 0.15) is 45.6 Å². The van der Waals surface area contributed by atoms with E-state index in [2.05, 4.69) is 26.0 Å². The third-order valence-corrected chi connectivity index (χ3v) is 11.5. The molecule has 0 N–H and O–H groups in total. The molecule has 0 atom stereocenters. The summed E-state index contributed by atoms with van der Waals surface area (Å²) in [5.41, 5.74) is 5.54. The highest BCUT2D eigenvalue weighted by Crippen LogP contribution is 2.52. The van der Waals surface area contributed by atoms with Gasteiger partial charge in [-0.1, -0.05) is 111 Å². The van der Waals surface area contributed by atoms with Gasteiger partial charge in [0.25, 0.3) is 0 Å². The van der Waals surface area contributed by atoms with Crippen molar-refractivity contribution in [2.45, 2.75) is 26.2 Å². The molecule has 10 aromatic rings. The maximum Gasteiger partial charge on any atom is 0.238 e. The number of fused-ring (bicyclic) bond motifs is 9. The van der Waals surface area contributed by atoms with E-state index >= 15 is 0 Å². The number of furan rings is 1. The molecule has 1 aliphatic rings. The van der Waals surface area contributed by atoms with Crippen molar-refractivity contribution in [2.75, 3.05) is 4.90 Å². The smallest absolute Gasteiger partial charge is 0.238 e. The van der Waals surface area contributed by atoms with E-state index < -0.39 is 53.4 Å². The van der Waals surface area contributed by atoms with Crippen LogP contribution in [0.3, 0.4) is 0 Å². The molecule has 0 fully saturated rings. The Balaban J connectivity index is 1.31. The second-order valence-electron chi connectivity index (χ2n) is 14.0. The minimum absolute atomic E-state index is 0.110. The van der Waals surface area contributed by atoms with Gasteiger partial charge in [0.15, 0.2) is 11.6 Å². The topological polar surface area (TPSA) is 55.1 Å². The lowest BCUT2D eigenvalue weighted by Gasteiger charge is -2.26. The van der Waals surface area contributed by atoms with Crippen molar-refractivity contribution >= 4 is 70.8 Å². The van der Waals surface area contributed by atoms with Crippen molar-refractivity contribution in [3.8, 4) is 33.9 Å². The van der Waals surface area contributed by atoms with Crippen molar-refractivity contribution in [1.29, 1.82) is 0 Å². The van der Waals surface area contributed by atoms with Gasteiger partial charge in [-0.2, -0.15) is 9.97 Å². The van der Waals surface area contributed by atoms with Crippen LogP contribution in [-0.4, -0.2) is 15.0 Å². The summed E-state index contributed by atoms with van der Waals surface area (Å²) in [6, 6.07) is 21.4. The number of para-hydroxylation sites is 2. The maximum atomic E-state index is 9.67. The number of hydrogen-bond acceptors (Lipinski definition) is 6. The normalized spacial score (nSPS) is 15.9. The molecular weight excluding hydrogens is 693 g/mol. The SMILES string of the molecule is [2H]c1c([2H])c([2H])c(N(c2nc(-c3ccc4oc5ccccc5c4c3)nc(-c3cccc4c3C(C)(C)c3ccccc3-4)n2)c2c([2H])c([2H])c([2H])c3sc4c([2H])c([2H])c([2H])c(C)c4c23)c([2H])c1[2H]. The highest BCUT2D eigenvalue weighted by atomic mass is 32.1. The summed E-state index contributed by atoms with van der Waals surface area (Å²) in [6.45, 7) is 5.84. The van der Waals surface area contributed by atoms with E-state index in [-0.39, 0.29) is 73.2 Å². The summed E-state index contributed by atoms with van der Waals surface area (Å²) in [4.78, 5) is 16.6. The monoisotopic (exact) mass is 737 g/mol. The molecule has 0 amide bonds. The number of nitrogens with zero attached hydrogens (tertiary/aromatic N) is 4. The van der Waals surface area contributed by atoms with Gasteiger partial charge >= 0.3 is 0 Å². The van der Waals surface area contributed by atoms with Crippen LogP contribution in [0.15, 0.2) is 156 Å². The van der Waals surface area contributed by atoms with Crippen molar-refractivity contribution in [3.63, 3.8) is 0 Å². The Bertz CT molecular complexity index is 3780. The first-order chi connectivity index (χ1) is 31.5. The van der Waals surface area contributed by atoms with Gasteiger partial charge in [0.2, 0.25) is 5.95 Å². The van der Waals surface area contributed by atoms with E-state index in [1.54, 1.807) is 13.0 Å². The molecule has 0 spiro atoms. The Morgan fingerprint density at radius 1 is 0.636 bits per heavy atom. The molecule has 5 nitrogen and oxygen atoms in total. The number of aryl methyl sites for hydroxylation is 1. The highest BCUT2D eigenvalue weighted by molar-refractivity contribution is 7.26. The molecule has 262 valence electrons. The van der Waals surface area contributed by atoms with E-state index in [1.807, 2.05) is 66.7 Å². The second-order valence-corrected chi connectivity index (χ2v) is 15.1. The molecule has 7 aromatic carbocycles. The standard InChI is InChI=1S/C49H34N4OS/c1-29-14-11-24-41-43(29)44-38(22-13-25-42(44)55-41)53(31-15-5-4-6-16-31)48-51-46(30-26-27-40-36(28-30)33-18-8-10-23-39(33)54-40)50-47(52-48)35-20-12-19-34-32-17-7-9-21-37(32)49(2,3)45(34)35/h4-28H,1-3H3/i4D,5D,6D,11D,13D,14D,15D,16D,22D,24D,25D. The van der Waals surface area contributed by atoms with E-state index in [0.717, 1.165) is 44.4 Å². The minimum atomic E-state index is -0.679. The van der Waals surface area contributed by atoms with Crippen LogP contribution in [-0.2, 0) is 5.41 Å². The van der Waals surface area contributed by atoms with Crippen molar-refractivity contribution < 1.29 is 19.5 Å². The predicted molar refractivity (Wildman–Crippen MR) is 228 cm³/mol. The Morgan fingerprint density at radius 3 is 2.25 bits per heavy atom. The molecule has 6 heteroatoms. The van der Waals surface area contributed by atoms with Crippen LogP contribution in [0.5, 0.6) is 0 Å². The van der Waals surface area contributed by atoms with Crippen molar-refractivity contribution in [1.82, 2.24) is 15.0 Å². The van der Waals surface area contributed by atoms with Crippen molar-refractivity contribution in [3.05, 3.63) is 168 Å². The quantitative estimate of drug-likeness (QED) is 0.176. The number of benzene rings is 7. The lowest BCUT2D eigenvalue weighted by atomic mass is 9.80. The average molecular weight is 738 g/mol. The van der Waals surface area contributed by atoms with Gasteiger partial charge in [0, 0.05) is 53.2 Å². The maximum absolute atomic E-state index is 9.67. The number of rotatable bonds is 5. The zero-order valence-electron chi connectivity index (χ0n) is 40.7. The van der Waals surface area contributed by atoms with Crippen LogP contribution in [0.4, 0.5) is 17.3 Å². The van der Waals surface area contributed by atoms with Gasteiger partial charge in [-0.05, 0) is 89.2 Å². The van der Waals surface area contributed by atoms with Gasteiger partial charge < -0.3 is 4.42 Å². The first-order valence-electron chi connectivity index (χ1n) is 23.2. The lowest BCUT2D eigenvalue weighted by molar-refractivity contribution is 0.661. The third-order valence-electron chi connectivity index (χ3n) is 10.5. The summed E-state index contributed by atoms with van der Waals surface area (Å²) in [7, 11) is 0. The number of thiophene rings is 1. The zero-order valence-corrected chi connectivity index (χ0v) is 30.5. The van der Waals surface area contributed by atoms with Gasteiger partial charge in [0.1, 0.15) is 11.2 Å². The van der Waals surface area contributed by atoms with Crippen LogP contribution in [0, 0.1) is 6.92 Å². The van der Waals surface area contributed by atoms with Crippen LogP contribution >= 0.6 is 11.3 Å². The molecule has 0 radical (unpaired) electrons. The van der Waals surface area contributed by atoms with E-state index in [1.165, 1.54) is 4.90 Å². The molecule has 0 unspecified atom stereocenters. The molecule has 0 aliphatic heterocycles. The summed E-state index contributed by atoms with van der Waals surface area (Å²) in [5.74, 6) is 0.0266. The first-order valence-corrected chi connectivity index (χ1v) is 18.5. The number of hydrogen-bond donors (Lipinski definition) is 0. The average Bonchev–Trinajstić information content (AvgIpc) is 3.98. The second kappa shape index (κ2) is 11.9. The van der Waals surface area contributed by atoms with E-state index in [0.29, 0.717) is 22.3 Å². The predicted octanol–water partition coefficient (Wildman–Crippen LogP) is 13.6. The fourth-order valence-corrected chi connectivity index (χ4v) is 9.16. The molecule has 0 bridgehead atoms. The van der Waals surface area contributed by atoms with Crippen molar-refractivity contribution in [2.24, 2.45) is 0 Å². The van der Waals surface area contributed by atoms with E-state index in [4.69, 9.17) is 29.0 Å². The Labute approximate surface area is 337 Å². The molecule has 0 saturated heterocycles. The molecule has 1 aliphatic carbocycles. The summed E-state index contributed by atoms with van der Waals surface area (Å²) < 4.78 is 106. The largest absolute Gasteiger partial charge is 0.456 e. The molecule has 3 heterocycles. The van der Waals surface area contributed by atoms with Crippen LogP contribution < -0.4 is 4.90 Å². The first kappa shape index (κ1) is 22.6. The van der Waals surface area contributed by atoms with Crippen LogP contribution in [0.2, 0.25) is 0 Å². The van der Waals surface area contributed by atoms with Gasteiger partial charge in [-0.3, -0.25) is 4.90 Å². The molecule has 55 heavy (non-hydrogen) atoms. The Hall–Kier alpha value is -6.63. The zero-order chi connectivity index (χ0) is 46.4. The van der Waals surface area contributed by atoms with Crippen LogP contribution in [0.25, 0.3) is 76.0 Å². The molecule has 0 saturated carbocycles.